The van der Waals surface area contributed by atoms with Gasteiger partial charge in [0.2, 0.25) is 0 Å². The third kappa shape index (κ3) is 14.2. The van der Waals surface area contributed by atoms with Crippen molar-refractivity contribution >= 4 is 91.3 Å². The first kappa shape index (κ1) is 69.1. The van der Waals surface area contributed by atoms with Crippen LogP contribution in [-0.2, 0) is 4.65 Å². The van der Waals surface area contributed by atoms with E-state index in [-0.39, 0.29) is 17.9 Å². The van der Waals surface area contributed by atoms with Crippen LogP contribution in [0.3, 0.4) is 0 Å². The Morgan fingerprint density at radius 1 is 0.269 bits per heavy atom. The molecule has 518 valence electrons. The summed E-state index contributed by atoms with van der Waals surface area (Å²) >= 11 is 7.30. The zero-order valence-electron chi connectivity index (χ0n) is 60.1. The number of hydrogen-bond acceptors (Lipinski definition) is 9. The molecule has 5 heterocycles. The molecule has 0 unspecified atom stereocenters. The van der Waals surface area contributed by atoms with Crippen LogP contribution in [0.1, 0.15) is 27.7 Å². The lowest BCUT2D eigenvalue weighted by molar-refractivity contribution is 0.0376. The Labute approximate surface area is 646 Å². The van der Waals surface area contributed by atoms with Gasteiger partial charge in [-0.3, -0.25) is 0 Å². The lowest BCUT2D eigenvalue weighted by Crippen LogP contribution is -2.36. The summed E-state index contributed by atoms with van der Waals surface area (Å²) in [7, 11) is 0. The lowest BCUT2D eigenvalue weighted by atomic mass is 9.54. The summed E-state index contributed by atoms with van der Waals surface area (Å²) < 4.78 is 12.9. The fourth-order valence-corrected chi connectivity index (χ4v) is 17.5. The fourth-order valence-electron chi connectivity index (χ4n) is 14.3. The van der Waals surface area contributed by atoms with Crippen molar-refractivity contribution in [2.45, 2.75) is 39.6 Å². The topological polar surface area (TPSA) is 86.6 Å². The third-order valence-corrected chi connectivity index (χ3v) is 23.7. The fraction of sp³-hybridized carbons (Fsp3) is 0.0722. The Morgan fingerprint density at radius 3 is 0.981 bits per heavy atom. The molecule has 0 radical (unpaired) electrons. The van der Waals surface area contributed by atoms with Crippen LogP contribution < -0.4 is 5.46 Å². The normalized spacial score (nSPS) is 12.9. The second-order valence-electron chi connectivity index (χ2n) is 28.2. The van der Waals surface area contributed by atoms with Crippen LogP contribution in [0.2, 0.25) is 6.32 Å². The number of rotatable bonds is 12. The first-order chi connectivity index (χ1) is 52.9. The van der Waals surface area contributed by atoms with E-state index in [0.717, 1.165) is 49.7 Å². The number of nitrogens with zero attached hydrogens (tertiary/aromatic N) is 6. The highest BCUT2D eigenvalue weighted by Crippen LogP contribution is 2.49. The Kier molecular flexibility index (Phi) is 19.3. The van der Waals surface area contributed by atoms with Crippen molar-refractivity contribution in [3.63, 3.8) is 0 Å². The summed E-state index contributed by atoms with van der Waals surface area (Å²) in [5.74, 6) is 3.97. The standard InChI is InChI=1S/C45H29N3S.C31H29BOS.C21H14BrN3/c1-5-15-30(16-6-1)36-28-39(31-17-7-2-8-18-31)42-40(29-36)38-26-14-25-37(41(38)49-42)34-23-13-24-35(27-34)45-47-43(32-19-9-3-10-20-32)46-44(48-45)33-21-11-4-12-22-33;1-30(2)20-32(33-31(30,3)4)27-17-11-16-24-26-19-23(21-12-7-5-8-13-21)18-25(28(26)34-29(24)27)22-14-9-6-10-15-22;22-18-13-7-12-17(14-18)21-24-19(15-8-3-1-4-9-15)23-20(25-21)16-10-5-2-6-11-16/h1-29H;5-19H,20H2,1-4H3;1-14H. The minimum Gasteiger partial charge on any atom is -0.425 e. The molecule has 14 aromatic carbocycles. The molecule has 11 heteroatoms. The van der Waals surface area contributed by atoms with Gasteiger partial charge in [-0.05, 0) is 123 Å². The van der Waals surface area contributed by atoms with Crippen LogP contribution in [0.25, 0.3) is 164 Å². The number of hydrogen-bond donors (Lipinski definition) is 0. The van der Waals surface area contributed by atoms with Gasteiger partial charge in [-0.15, -0.1) is 22.7 Å². The minimum atomic E-state index is -0.147. The van der Waals surface area contributed by atoms with E-state index in [0.29, 0.717) is 34.9 Å². The van der Waals surface area contributed by atoms with E-state index in [4.69, 9.17) is 29.6 Å². The molecule has 1 fully saturated rings. The average molecular weight is 1490 g/mol. The van der Waals surface area contributed by atoms with Crippen LogP contribution in [0.15, 0.2) is 356 Å². The summed E-state index contributed by atoms with van der Waals surface area (Å²) in [4.78, 5) is 29.0. The summed E-state index contributed by atoms with van der Waals surface area (Å²) in [6.45, 7) is 9.25. The second kappa shape index (κ2) is 30.1. The van der Waals surface area contributed by atoms with E-state index >= 15 is 0 Å². The molecule has 0 saturated carbocycles. The molecule has 4 aromatic heterocycles. The van der Waals surface area contributed by atoms with Gasteiger partial charge in [-0.25, -0.2) is 29.9 Å². The maximum Gasteiger partial charge on any atom is 0.329 e. The van der Waals surface area contributed by atoms with Crippen molar-refractivity contribution in [2.24, 2.45) is 5.41 Å². The SMILES string of the molecule is Brc1cccc(-c2nc(-c3ccccc3)nc(-c3ccccc3)n2)c1.CC1(C)CB(c2cccc3c2sc2c(-c4ccccc4)cc(-c4ccccc4)cc23)OC1(C)C.c1ccc(-c2cc(-c3ccccc3)c3sc4c(-c5cccc(-c6nc(-c7ccccc7)nc(-c7ccccc7)n6)c5)cccc4c3c2)cc1. The number of aromatic nitrogens is 6. The monoisotopic (exact) mass is 1490 g/mol. The molecule has 0 bridgehead atoms. The van der Waals surface area contributed by atoms with Crippen molar-refractivity contribution in [3.05, 3.63) is 356 Å². The number of halogens is 1. The molecule has 0 spiro atoms. The van der Waals surface area contributed by atoms with Gasteiger partial charge < -0.3 is 4.65 Å². The van der Waals surface area contributed by atoms with Crippen LogP contribution >= 0.6 is 38.6 Å². The Bertz CT molecular complexity index is 6120. The van der Waals surface area contributed by atoms with E-state index in [9.17, 15) is 0 Å². The van der Waals surface area contributed by atoms with Crippen LogP contribution in [0.5, 0.6) is 0 Å². The quantitative estimate of drug-likeness (QED) is 0.113. The number of thiophene rings is 2. The van der Waals surface area contributed by atoms with E-state index in [1.54, 1.807) is 0 Å². The minimum absolute atomic E-state index is 0.121. The van der Waals surface area contributed by atoms with E-state index < -0.39 is 0 Å². The van der Waals surface area contributed by atoms with Gasteiger partial charge in [-0.2, -0.15) is 0 Å². The highest BCUT2D eigenvalue weighted by Gasteiger charge is 2.50. The Morgan fingerprint density at radius 2 is 0.583 bits per heavy atom. The van der Waals surface area contributed by atoms with Crippen LogP contribution in [0, 0.1) is 5.41 Å². The lowest BCUT2D eigenvalue weighted by Gasteiger charge is -2.34. The van der Waals surface area contributed by atoms with Gasteiger partial charge in [0.05, 0.1) is 5.60 Å². The smallest absolute Gasteiger partial charge is 0.329 e. The first-order valence-corrected chi connectivity index (χ1v) is 38.8. The molecule has 0 atom stereocenters. The molecule has 108 heavy (non-hydrogen) atoms. The highest BCUT2D eigenvalue weighted by atomic mass is 79.9. The summed E-state index contributed by atoms with van der Waals surface area (Å²) in [6, 6.07) is 123. The molecule has 0 N–H and O–H groups in total. The number of fused-ring (bicyclic) bond motifs is 6. The number of benzene rings is 14. The Hall–Kier alpha value is -12.0. The van der Waals surface area contributed by atoms with Gasteiger partial charge in [0.15, 0.2) is 34.9 Å². The van der Waals surface area contributed by atoms with Gasteiger partial charge in [-0.1, -0.05) is 339 Å². The molecule has 18 aromatic rings. The van der Waals surface area contributed by atoms with Crippen LogP contribution in [0.4, 0.5) is 0 Å². The molecule has 1 aliphatic heterocycles. The molecule has 1 aliphatic rings. The predicted octanol–water partition coefficient (Wildman–Crippen LogP) is 26.3. The van der Waals surface area contributed by atoms with Gasteiger partial charge >= 0.3 is 6.92 Å². The van der Waals surface area contributed by atoms with E-state index in [1.807, 2.05) is 168 Å². The van der Waals surface area contributed by atoms with Gasteiger partial charge in [0, 0.05) is 83.9 Å². The molecule has 19 rings (SSSR count). The molecule has 7 nitrogen and oxygen atoms in total. The zero-order chi connectivity index (χ0) is 73.1. The third-order valence-electron chi connectivity index (χ3n) is 20.6. The van der Waals surface area contributed by atoms with Crippen molar-refractivity contribution < 1.29 is 4.65 Å². The largest absolute Gasteiger partial charge is 0.425 e. The first-order valence-electron chi connectivity index (χ1n) is 36.4. The van der Waals surface area contributed by atoms with Gasteiger partial charge in [0.25, 0.3) is 0 Å². The molecular weight excluding hydrogens is 1420 g/mol. The van der Waals surface area contributed by atoms with E-state index in [2.05, 4.69) is 255 Å². The Balaban J connectivity index is 0.000000126. The highest BCUT2D eigenvalue weighted by molar-refractivity contribution is 9.10. The molecular formula is C97H72BBrN6OS2. The maximum absolute atomic E-state index is 6.67. The second-order valence-corrected chi connectivity index (χ2v) is 31.2. The molecule has 0 aliphatic carbocycles. The average Bonchev–Trinajstić information content (AvgIpc) is 1.58. The summed E-state index contributed by atoms with van der Waals surface area (Å²) in [6.07, 6.45) is 1.04. The van der Waals surface area contributed by atoms with Crippen molar-refractivity contribution in [1.29, 1.82) is 0 Å². The van der Waals surface area contributed by atoms with Crippen molar-refractivity contribution in [1.82, 2.24) is 29.9 Å². The molecule has 1 saturated heterocycles. The van der Waals surface area contributed by atoms with E-state index in [1.165, 1.54) is 95.9 Å². The molecule has 0 amide bonds. The van der Waals surface area contributed by atoms with Crippen molar-refractivity contribution in [3.8, 4) is 124 Å². The summed E-state index contributed by atoms with van der Waals surface area (Å²) in [5, 5.41) is 5.20. The zero-order valence-corrected chi connectivity index (χ0v) is 63.3. The van der Waals surface area contributed by atoms with Gasteiger partial charge in [0.1, 0.15) is 0 Å². The van der Waals surface area contributed by atoms with Crippen LogP contribution in [-0.4, -0.2) is 42.4 Å². The summed E-state index contributed by atoms with van der Waals surface area (Å²) in [5.41, 5.74) is 19.4. The maximum atomic E-state index is 6.67. The van der Waals surface area contributed by atoms with Crippen molar-refractivity contribution in [2.75, 3.05) is 0 Å². The predicted molar refractivity (Wildman–Crippen MR) is 459 cm³/mol.